The Bertz CT molecular complexity index is 605. The summed E-state index contributed by atoms with van der Waals surface area (Å²) in [5.41, 5.74) is 4.30. The highest BCUT2D eigenvalue weighted by molar-refractivity contribution is 5.72. The molecule has 21 heavy (non-hydrogen) atoms. The molecule has 1 N–H and O–H groups in total. The van der Waals surface area contributed by atoms with Gasteiger partial charge in [-0.05, 0) is 36.1 Å². The summed E-state index contributed by atoms with van der Waals surface area (Å²) in [4.78, 5) is 11.4. The van der Waals surface area contributed by atoms with Crippen LogP contribution in [-0.2, 0) is 22.6 Å². The monoisotopic (exact) mass is 284 g/mol. The van der Waals surface area contributed by atoms with Gasteiger partial charge in [-0.2, -0.15) is 0 Å². The van der Waals surface area contributed by atoms with Crippen LogP contribution in [0.3, 0.4) is 0 Å². The molecule has 3 heteroatoms. The first kappa shape index (κ1) is 15.3. The average molecular weight is 284 g/mol. The van der Waals surface area contributed by atoms with Crippen LogP contribution in [0.2, 0.25) is 0 Å². The molecule has 0 fully saturated rings. The van der Waals surface area contributed by atoms with E-state index in [0.717, 1.165) is 16.7 Å². The highest BCUT2D eigenvalue weighted by Gasteiger charge is 2.20. The van der Waals surface area contributed by atoms with Crippen molar-refractivity contribution in [2.24, 2.45) is 0 Å². The number of rotatable bonds is 6. The van der Waals surface area contributed by atoms with Crippen LogP contribution >= 0.6 is 0 Å². The van der Waals surface area contributed by atoms with Crippen LogP contribution in [0.4, 0.5) is 0 Å². The summed E-state index contributed by atoms with van der Waals surface area (Å²) in [7, 11) is 0. The Morgan fingerprint density at radius 1 is 1.10 bits per heavy atom. The Kier molecular flexibility index (Phi) is 5.12. The number of hydrogen-bond donors (Lipinski definition) is 1. The number of carbonyl (C=O) groups is 1. The maximum Gasteiger partial charge on any atom is 0.333 e. The molecule has 1 unspecified atom stereocenters. The SMILES string of the molecule is Cc1cccc(CC(OCc2ccccc2)C(=O)O)c1C. The van der Waals surface area contributed by atoms with E-state index in [1.54, 1.807) is 0 Å². The molecule has 0 heterocycles. The molecule has 0 aliphatic heterocycles. The molecule has 2 aromatic carbocycles. The van der Waals surface area contributed by atoms with Crippen LogP contribution in [0.1, 0.15) is 22.3 Å². The number of carboxylic acids is 1. The largest absolute Gasteiger partial charge is 0.479 e. The van der Waals surface area contributed by atoms with Gasteiger partial charge in [-0.1, -0.05) is 48.5 Å². The zero-order valence-corrected chi connectivity index (χ0v) is 12.4. The van der Waals surface area contributed by atoms with E-state index in [1.807, 2.05) is 62.4 Å². The van der Waals surface area contributed by atoms with Gasteiger partial charge >= 0.3 is 5.97 Å². The fourth-order valence-electron chi connectivity index (χ4n) is 2.22. The summed E-state index contributed by atoms with van der Waals surface area (Å²) in [6.07, 6.45) is -0.443. The van der Waals surface area contributed by atoms with Crippen molar-refractivity contribution in [3.8, 4) is 0 Å². The molecule has 0 spiro atoms. The molecule has 0 radical (unpaired) electrons. The van der Waals surface area contributed by atoms with Crippen molar-refractivity contribution >= 4 is 5.97 Å². The van der Waals surface area contributed by atoms with Gasteiger partial charge in [0.15, 0.2) is 6.10 Å². The molecule has 0 bridgehead atoms. The molecule has 3 nitrogen and oxygen atoms in total. The molecular formula is C18H20O3. The van der Waals surface area contributed by atoms with Gasteiger partial charge < -0.3 is 9.84 Å². The molecule has 2 aromatic rings. The van der Waals surface area contributed by atoms with Crippen LogP contribution in [0, 0.1) is 13.8 Å². The van der Waals surface area contributed by atoms with Crippen molar-refractivity contribution in [1.29, 1.82) is 0 Å². The van der Waals surface area contributed by atoms with Gasteiger partial charge in [-0.3, -0.25) is 0 Å². The zero-order chi connectivity index (χ0) is 15.2. The summed E-state index contributed by atoms with van der Waals surface area (Å²) in [6.45, 7) is 4.35. The van der Waals surface area contributed by atoms with Crippen LogP contribution in [0.25, 0.3) is 0 Å². The number of aliphatic carboxylic acids is 1. The van der Waals surface area contributed by atoms with Crippen molar-refractivity contribution in [3.05, 3.63) is 70.8 Å². The number of benzene rings is 2. The van der Waals surface area contributed by atoms with Gasteiger partial charge in [0.25, 0.3) is 0 Å². The van der Waals surface area contributed by atoms with Crippen LogP contribution < -0.4 is 0 Å². The summed E-state index contributed by atoms with van der Waals surface area (Å²) < 4.78 is 5.59. The normalized spacial score (nSPS) is 12.1. The topological polar surface area (TPSA) is 46.5 Å². The Balaban J connectivity index is 2.06. The molecule has 2 rings (SSSR count). The van der Waals surface area contributed by atoms with Crippen molar-refractivity contribution in [2.45, 2.75) is 33.0 Å². The lowest BCUT2D eigenvalue weighted by molar-refractivity contribution is -0.151. The minimum Gasteiger partial charge on any atom is -0.479 e. The van der Waals surface area contributed by atoms with E-state index < -0.39 is 12.1 Å². The standard InChI is InChI=1S/C18H20O3/c1-13-7-6-10-16(14(13)2)11-17(18(19)20)21-12-15-8-4-3-5-9-15/h3-10,17H,11-12H2,1-2H3,(H,19,20). The smallest absolute Gasteiger partial charge is 0.333 e. The predicted octanol–water partition coefficient (Wildman–Crippen LogP) is 3.52. The van der Waals surface area contributed by atoms with E-state index in [2.05, 4.69) is 0 Å². The second-order valence-electron chi connectivity index (χ2n) is 5.19. The lowest BCUT2D eigenvalue weighted by atomic mass is 9.98. The molecule has 0 saturated carbocycles. The Hall–Kier alpha value is -2.13. The highest BCUT2D eigenvalue weighted by Crippen LogP contribution is 2.16. The van der Waals surface area contributed by atoms with E-state index in [0.29, 0.717) is 13.0 Å². The van der Waals surface area contributed by atoms with Crippen LogP contribution in [-0.4, -0.2) is 17.2 Å². The first-order valence-corrected chi connectivity index (χ1v) is 7.01. The van der Waals surface area contributed by atoms with Crippen LogP contribution in [0.5, 0.6) is 0 Å². The number of hydrogen-bond acceptors (Lipinski definition) is 2. The van der Waals surface area contributed by atoms with Crippen molar-refractivity contribution < 1.29 is 14.6 Å². The second kappa shape index (κ2) is 7.04. The third kappa shape index (κ3) is 4.17. The van der Waals surface area contributed by atoms with E-state index in [1.165, 1.54) is 5.56 Å². The fourth-order valence-corrected chi connectivity index (χ4v) is 2.22. The van der Waals surface area contributed by atoms with Gasteiger partial charge in [0, 0.05) is 6.42 Å². The summed E-state index contributed by atoms with van der Waals surface area (Å²) >= 11 is 0. The zero-order valence-electron chi connectivity index (χ0n) is 12.4. The van der Waals surface area contributed by atoms with E-state index in [4.69, 9.17) is 4.74 Å². The number of ether oxygens (including phenoxy) is 1. The third-order valence-corrected chi connectivity index (χ3v) is 3.69. The summed E-state index contributed by atoms with van der Waals surface area (Å²) in [6, 6.07) is 15.6. The van der Waals surface area contributed by atoms with Crippen LogP contribution in [0.15, 0.2) is 48.5 Å². The minimum atomic E-state index is -0.924. The molecule has 1 atom stereocenters. The minimum absolute atomic E-state index is 0.308. The molecule has 0 aliphatic rings. The molecule has 0 aliphatic carbocycles. The average Bonchev–Trinajstić information content (AvgIpc) is 2.48. The summed E-state index contributed by atoms with van der Waals surface area (Å²) in [5, 5.41) is 9.35. The van der Waals surface area contributed by atoms with Gasteiger partial charge in [-0.25, -0.2) is 4.79 Å². The van der Waals surface area contributed by atoms with Gasteiger partial charge in [0.2, 0.25) is 0 Å². The Labute approximate surface area is 125 Å². The number of carboxylic acid groups (broad SMARTS) is 1. The van der Waals surface area contributed by atoms with E-state index in [9.17, 15) is 9.90 Å². The molecule has 0 amide bonds. The van der Waals surface area contributed by atoms with Crippen molar-refractivity contribution in [3.63, 3.8) is 0 Å². The quantitative estimate of drug-likeness (QED) is 0.883. The molecular weight excluding hydrogens is 264 g/mol. The fraction of sp³-hybridized carbons (Fsp3) is 0.278. The van der Waals surface area contributed by atoms with E-state index >= 15 is 0 Å². The van der Waals surface area contributed by atoms with Gasteiger partial charge in [-0.15, -0.1) is 0 Å². The van der Waals surface area contributed by atoms with Crippen molar-refractivity contribution in [1.82, 2.24) is 0 Å². The van der Waals surface area contributed by atoms with Gasteiger partial charge in [0.1, 0.15) is 0 Å². The molecule has 0 saturated heterocycles. The predicted molar refractivity (Wildman–Crippen MR) is 82.3 cm³/mol. The van der Waals surface area contributed by atoms with Gasteiger partial charge in [0.05, 0.1) is 6.61 Å². The lowest BCUT2D eigenvalue weighted by Crippen LogP contribution is -2.26. The first-order chi connectivity index (χ1) is 10.1. The number of aryl methyl sites for hydroxylation is 1. The third-order valence-electron chi connectivity index (χ3n) is 3.69. The summed E-state index contributed by atoms with van der Waals surface area (Å²) in [5.74, 6) is -0.924. The Morgan fingerprint density at radius 2 is 1.81 bits per heavy atom. The maximum atomic E-state index is 11.4. The highest BCUT2D eigenvalue weighted by atomic mass is 16.5. The van der Waals surface area contributed by atoms with Crippen molar-refractivity contribution in [2.75, 3.05) is 0 Å². The second-order valence-corrected chi connectivity index (χ2v) is 5.19. The van der Waals surface area contributed by atoms with E-state index in [-0.39, 0.29) is 0 Å². The maximum absolute atomic E-state index is 11.4. The first-order valence-electron chi connectivity index (χ1n) is 7.01. The Morgan fingerprint density at radius 3 is 2.48 bits per heavy atom. The molecule has 0 aromatic heterocycles. The lowest BCUT2D eigenvalue weighted by Gasteiger charge is -2.16. The molecule has 110 valence electrons.